The van der Waals surface area contributed by atoms with Gasteiger partial charge in [-0.15, -0.1) is 0 Å². The van der Waals surface area contributed by atoms with E-state index in [9.17, 15) is 4.39 Å². The van der Waals surface area contributed by atoms with Gasteiger partial charge in [-0.05, 0) is 27.9 Å². The first-order chi connectivity index (χ1) is 6.59. The van der Waals surface area contributed by atoms with E-state index in [1.807, 2.05) is 13.8 Å². The Bertz CT molecular complexity index is 478. The van der Waals surface area contributed by atoms with E-state index in [0.717, 1.165) is 11.1 Å². The van der Waals surface area contributed by atoms with Crippen LogP contribution in [0.25, 0.3) is 11.0 Å². The minimum atomic E-state index is -0.330. The summed E-state index contributed by atoms with van der Waals surface area (Å²) in [6, 6.07) is 3.05. The molecular formula is C10H9BrFNO. The molecule has 0 bridgehead atoms. The molecule has 2 nitrogen and oxygen atoms in total. The Hall–Kier alpha value is -0.900. The molecule has 0 amide bonds. The number of benzene rings is 1. The largest absolute Gasteiger partial charge is 0.356 e. The van der Waals surface area contributed by atoms with Crippen LogP contribution >= 0.6 is 15.9 Å². The van der Waals surface area contributed by atoms with Gasteiger partial charge < -0.3 is 4.52 Å². The van der Waals surface area contributed by atoms with Gasteiger partial charge in [0.15, 0.2) is 5.58 Å². The number of hydrogen-bond acceptors (Lipinski definition) is 2. The van der Waals surface area contributed by atoms with Gasteiger partial charge in [-0.25, -0.2) is 4.39 Å². The average Bonchev–Trinajstić information content (AvgIpc) is 2.48. The van der Waals surface area contributed by atoms with E-state index in [1.54, 1.807) is 6.07 Å². The summed E-state index contributed by atoms with van der Waals surface area (Å²) in [5.74, 6) is -0.0578. The van der Waals surface area contributed by atoms with E-state index in [2.05, 4.69) is 21.1 Å². The van der Waals surface area contributed by atoms with Crippen molar-refractivity contribution in [2.24, 2.45) is 0 Å². The molecule has 1 aromatic heterocycles. The van der Waals surface area contributed by atoms with Crippen LogP contribution in [-0.4, -0.2) is 5.16 Å². The van der Waals surface area contributed by atoms with E-state index < -0.39 is 0 Å². The van der Waals surface area contributed by atoms with Crippen molar-refractivity contribution in [3.8, 4) is 0 Å². The molecule has 14 heavy (non-hydrogen) atoms. The Kier molecular flexibility index (Phi) is 2.31. The van der Waals surface area contributed by atoms with Crippen molar-refractivity contribution >= 4 is 26.9 Å². The van der Waals surface area contributed by atoms with Gasteiger partial charge >= 0.3 is 0 Å². The molecule has 74 valence electrons. The summed E-state index contributed by atoms with van der Waals surface area (Å²) in [7, 11) is 0. The van der Waals surface area contributed by atoms with Crippen LogP contribution in [0.4, 0.5) is 4.39 Å². The van der Waals surface area contributed by atoms with Crippen LogP contribution in [0.2, 0.25) is 0 Å². The second kappa shape index (κ2) is 3.35. The predicted octanol–water partition coefficient (Wildman–Crippen LogP) is 3.85. The van der Waals surface area contributed by atoms with E-state index in [-0.39, 0.29) is 11.7 Å². The molecule has 0 N–H and O–H groups in total. The minimum absolute atomic E-state index is 0.272. The molecule has 0 atom stereocenters. The number of fused-ring (bicyclic) bond motifs is 1. The Morgan fingerprint density at radius 1 is 1.43 bits per heavy atom. The van der Waals surface area contributed by atoms with Crippen molar-refractivity contribution in [3.63, 3.8) is 0 Å². The van der Waals surface area contributed by atoms with Crippen LogP contribution in [0, 0.1) is 5.82 Å². The number of hydrogen-bond donors (Lipinski definition) is 0. The van der Waals surface area contributed by atoms with E-state index >= 15 is 0 Å². The normalized spacial score (nSPS) is 11.5. The third-order valence-corrected chi connectivity index (χ3v) is 2.70. The van der Waals surface area contributed by atoms with Gasteiger partial charge in [-0.1, -0.05) is 19.0 Å². The Balaban J connectivity index is 2.74. The van der Waals surface area contributed by atoms with Gasteiger partial charge in [-0.2, -0.15) is 0 Å². The maximum Gasteiger partial charge on any atom is 0.170 e. The molecule has 1 heterocycles. The third kappa shape index (κ3) is 1.43. The van der Waals surface area contributed by atoms with Crippen molar-refractivity contribution in [2.45, 2.75) is 19.8 Å². The van der Waals surface area contributed by atoms with Crippen LogP contribution in [0.3, 0.4) is 0 Å². The number of halogens is 2. The summed E-state index contributed by atoms with van der Waals surface area (Å²) in [4.78, 5) is 0. The topological polar surface area (TPSA) is 26.0 Å². The van der Waals surface area contributed by atoms with Crippen LogP contribution in [-0.2, 0) is 0 Å². The second-order valence-electron chi connectivity index (χ2n) is 3.48. The average molecular weight is 258 g/mol. The van der Waals surface area contributed by atoms with Gasteiger partial charge in [0.1, 0.15) is 5.82 Å². The van der Waals surface area contributed by atoms with Crippen molar-refractivity contribution in [3.05, 3.63) is 28.1 Å². The Labute approximate surface area is 89.2 Å². The van der Waals surface area contributed by atoms with Crippen LogP contribution < -0.4 is 0 Å². The van der Waals surface area contributed by atoms with Gasteiger partial charge in [-0.3, -0.25) is 0 Å². The van der Waals surface area contributed by atoms with Gasteiger partial charge in [0.05, 0.1) is 10.2 Å². The molecule has 0 saturated carbocycles. The highest BCUT2D eigenvalue weighted by Crippen LogP contribution is 2.29. The fourth-order valence-corrected chi connectivity index (χ4v) is 1.71. The molecule has 0 saturated heterocycles. The molecule has 4 heteroatoms. The predicted molar refractivity (Wildman–Crippen MR) is 55.8 cm³/mol. The van der Waals surface area contributed by atoms with Gasteiger partial charge in [0.25, 0.3) is 0 Å². The highest BCUT2D eigenvalue weighted by molar-refractivity contribution is 9.10. The lowest BCUT2D eigenvalue weighted by Gasteiger charge is -1.99. The summed E-state index contributed by atoms with van der Waals surface area (Å²) in [6.07, 6.45) is 0. The molecule has 0 aliphatic carbocycles. The Morgan fingerprint density at radius 2 is 2.14 bits per heavy atom. The van der Waals surface area contributed by atoms with Crippen LogP contribution in [0.5, 0.6) is 0 Å². The van der Waals surface area contributed by atoms with Crippen LogP contribution in [0.1, 0.15) is 25.5 Å². The first-order valence-electron chi connectivity index (χ1n) is 4.34. The summed E-state index contributed by atoms with van der Waals surface area (Å²) in [5.41, 5.74) is 1.36. The molecule has 0 aliphatic rings. The summed E-state index contributed by atoms with van der Waals surface area (Å²) < 4.78 is 18.6. The zero-order valence-electron chi connectivity index (χ0n) is 7.84. The zero-order valence-corrected chi connectivity index (χ0v) is 9.43. The van der Waals surface area contributed by atoms with E-state index in [0.29, 0.717) is 10.1 Å². The lowest BCUT2D eigenvalue weighted by Crippen LogP contribution is -1.87. The molecule has 0 unspecified atom stereocenters. The van der Waals surface area contributed by atoms with Crippen LogP contribution in [0.15, 0.2) is 21.1 Å². The smallest absolute Gasteiger partial charge is 0.170 e. The van der Waals surface area contributed by atoms with E-state index in [4.69, 9.17) is 4.52 Å². The number of nitrogens with zero attached hydrogens (tertiary/aromatic N) is 1. The SMILES string of the molecule is CC(C)c1noc2cc(F)c(Br)cc12. The zero-order chi connectivity index (χ0) is 10.3. The molecule has 0 radical (unpaired) electrons. The molecule has 2 rings (SSSR count). The minimum Gasteiger partial charge on any atom is -0.356 e. The molecule has 0 spiro atoms. The fraction of sp³-hybridized carbons (Fsp3) is 0.300. The molecule has 0 fully saturated rings. The summed E-state index contributed by atoms with van der Waals surface area (Å²) in [5, 5.41) is 4.78. The van der Waals surface area contributed by atoms with E-state index in [1.165, 1.54) is 6.07 Å². The quantitative estimate of drug-likeness (QED) is 0.776. The summed E-state index contributed by atoms with van der Waals surface area (Å²) in [6.45, 7) is 4.04. The van der Waals surface area contributed by atoms with Crippen molar-refractivity contribution in [2.75, 3.05) is 0 Å². The maximum atomic E-state index is 13.1. The highest BCUT2D eigenvalue weighted by Gasteiger charge is 2.13. The first kappa shape index (κ1) is 9.65. The fourth-order valence-electron chi connectivity index (χ4n) is 1.37. The molecular weight excluding hydrogens is 249 g/mol. The monoisotopic (exact) mass is 257 g/mol. The Morgan fingerprint density at radius 3 is 2.79 bits per heavy atom. The van der Waals surface area contributed by atoms with Crippen molar-refractivity contribution in [1.82, 2.24) is 5.16 Å². The summed E-state index contributed by atoms with van der Waals surface area (Å²) >= 11 is 3.14. The van der Waals surface area contributed by atoms with Crippen molar-refractivity contribution < 1.29 is 8.91 Å². The third-order valence-electron chi connectivity index (χ3n) is 2.09. The van der Waals surface area contributed by atoms with Gasteiger partial charge in [0.2, 0.25) is 0 Å². The number of rotatable bonds is 1. The van der Waals surface area contributed by atoms with Crippen molar-refractivity contribution in [1.29, 1.82) is 0 Å². The standard InChI is InChI=1S/C10H9BrFNO/c1-5(2)10-6-3-7(11)8(12)4-9(6)14-13-10/h3-5H,1-2H3. The first-order valence-corrected chi connectivity index (χ1v) is 5.13. The molecule has 2 aromatic rings. The second-order valence-corrected chi connectivity index (χ2v) is 4.34. The number of aromatic nitrogens is 1. The lowest BCUT2D eigenvalue weighted by atomic mass is 10.1. The lowest BCUT2D eigenvalue weighted by molar-refractivity contribution is 0.440. The van der Waals surface area contributed by atoms with Gasteiger partial charge in [0, 0.05) is 11.5 Å². The molecule has 0 aliphatic heterocycles. The maximum absolute atomic E-state index is 13.1. The molecule has 1 aromatic carbocycles. The highest BCUT2D eigenvalue weighted by atomic mass is 79.9.